The lowest BCUT2D eigenvalue weighted by Crippen LogP contribution is -2.30. The predicted molar refractivity (Wildman–Crippen MR) is 111 cm³/mol. The number of aryl methyl sites for hydroxylation is 1. The summed E-state index contributed by atoms with van der Waals surface area (Å²) in [5.74, 6) is 0.200. The number of thioether (sulfide) groups is 1. The largest absolute Gasteiger partial charge is 0.379 e. The normalized spacial score (nSPS) is 19.9. The number of carbonyl (C=O) groups is 1. The Labute approximate surface area is 164 Å². The van der Waals surface area contributed by atoms with Crippen molar-refractivity contribution in [3.05, 3.63) is 52.8 Å². The SMILES string of the molecule is Cn1c(C(=O)Nc2ccc(F)c(C3(C)CCSC(N)=N3)c2)cc2sccc21. The van der Waals surface area contributed by atoms with Crippen molar-refractivity contribution in [2.45, 2.75) is 18.9 Å². The Balaban J connectivity index is 1.65. The first-order valence-electron chi connectivity index (χ1n) is 8.50. The van der Waals surface area contributed by atoms with Gasteiger partial charge in [0.2, 0.25) is 0 Å². The number of halogens is 1. The Hall–Kier alpha value is -2.32. The number of amidine groups is 1. The van der Waals surface area contributed by atoms with E-state index in [9.17, 15) is 9.18 Å². The van der Waals surface area contributed by atoms with E-state index >= 15 is 0 Å². The molecule has 1 aliphatic heterocycles. The lowest BCUT2D eigenvalue weighted by atomic mass is 9.89. The molecule has 3 N–H and O–H groups in total. The van der Waals surface area contributed by atoms with Crippen LogP contribution in [0.15, 0.2) is 40.7 Å². The number of rotatable bonds is 3. The molecule has 0 radical (unpaired) electrons. The molecule has 8 heteroatoms. The first kappa shape index (κ1) is 18.1. The van der Waals surface area contributed by atoms with Crippen LogP contribution in [-0.4, -0.2) is 21.4 Å². The molecule has 1 aliphatic rings. The smallest absolute Gasteiger partial charge is 0.272 e. The summed E-state index contributed by atoms with van der Waals surface area (Å²) in [7, 11) is 1.86. The molecule has 1 unspecified atom stereocenters. The Kier molecular flexibility index (Phi) is 4.47. The summed E-state index contributed by atoms with van der Waals surface area (Å²) in [6.07, 6.45) is 0.681. The number of thiophene rings is 1. The zero-order valence-corrected chi connectivity index (χ0v) is 16.6. The van der Waals surface area contributed by atoms with E-state index in [1.54, 1.807) is 23.5 Å². The van der Waals surface area contributed by atoms with Gasteiger partial charge in [0.25, 0.3) is 5.91 Å². The molecule has 5 nitrogen and oxygen atoms in total. The van der Waals surface area contributed by atoms with Crippen LogP contribution >= 0.6 is 23.1 Å². The highest BCUT2D eigenvalue weighted by Gasteiger charge is 2.32. The van der Waals surface area contributed by atoms with E-state index in [-0.39, 0.29) is 11.7 Å². The first-order valence-corrected chi connectivity index (χ1v) is 10.4. The molecule has 1 atom stereocenters. The van der Waals surface area contributed by atoms with Crippen LogP contribution in [-0.2, 0) is 12.6 Å². The molecule has 1 aromatic carbocycles. The van der Waals surface area contributed by atoms with Crippen molar-refractivity contribution in [2.75, 3.05) is 11.1 Å². The molecule has 140 valence electrons. The molecule has 3 aromatic rings. The van der Waals surface area contributed by atoms with Gasteiger partial charge in [-0.05, 0) is 49.1 Å². The molecule has 1 amide bonds. The van der Waals surface area contributed by atoms with E-state index < -0.39 is 5.54 Å². The molecule has 0 saturated heterocycles. The van der Waals surface area contributed by atoms with Crippen molar-refractivity contribution in [1.29, 1.82) is 0 Å². The monoisotopic (exact) mass is 402 g/mol. The standard InChI is InChI=1S/C19H19FN4OS2/c1-19(6-8-27-18(21)23-19)12-9-11(3-4-13(12)20)22-17(25)15-10-16-14(24(15)2)5-7-26-16/h3-5,7,9-10H,6,8H2,1-2H3,(H2,21,23)(H,22,25). The van der Waals surface area contributed by atoms with Crippen LogP contribution in [0.4, 0.5) is 10.1 Å². The summed E-state index contributed by atoms with van der Waals surface area (Å²) < 4.78 is 17.4. The van der Waals surface area contributed by atoms with Gasteiger partial charge in [0, 0.05) is 24.1 Å². The number of aromatic nitrogens is 1. The summed E-state index contributed by atoms with van der Waals surface area (Å²) in [5, 5.41) is 5.33. The second-order valence-corrected chi connectivity index (χ2v) is 8.79. The maximum Gasteiger partial charge on any atom is 0.272 e. The summed E-state index contributed by atoms with van der Waals surface area (Å²) in [5.41, 5.74) is 7.68. The molecule has 0 bridgehead atoms. The number of hydrogen-bond acceptors (Lipinski definition) is 5. The topological polar surface area (TPSA) is 72.4 Å². The van der Waals surface area contributed by atoms with Gasteiger partial charge in [-0.2, -0.15) is 0 Å². The number of aliphatic imine (C=N–C) groups is 1. The van der Waals surface area contributed by atoms with Gasteiger partial charge in [0.1, 0.15) is 11.5 Å². The molecular weight excluding hydrogens is 383 g/mol. The van der Waals surface area contributed by atoms with Crippen LogP contribution in [0.25, 0.3) is 10.2 Å². The van der Waals surface area contributed by atoms with Crippen LogP contribution in [0.2, 0.25) is 0 Å². The van der Waals surface area contributed by atoms with Gasteiger partial charge in [0.15, 0.2) is 5.17 Å². The van der Waals surface area contributed by atoms with E-state index in [0.717, 1.165) is 16.0 Å². The highest BCUT2D eigenvalue weighted by atomic mass is 32.2. The third-order valence-corrected chi connectivity index (χ3v) is 6.55. The average Bonchev–Trinajstić information content (AvgIpc) is 3.19. The third-order valence-electron chi connectivity index (χ3n) is 4.90. The van der Waals surface area contributed by atoms with E-state index in [2.05, 4.69) is 10.3 Å². The lowest BCUT2D eigenvalue weighted by molar-refractivity contribution is 0.101. The van der Waals surface area contributed by atoms with Crippen molar-refractivity contribution in [3.8, 4) is 0 Å². The highest BCUT2D eigenvalue weighted by Crippen LogP contribution is 2.37. The average molecular weight is 403 g/mol. The van der Waals surface area contributed by atoms with E-state index in [0.29, 0.717) is 28.5 Å². The molecule has 4 rings (SSSR count). The highest BCUT2D eigenvalue weighted by molar-refractivity contribution is 8.13. The zero-order chi connectivity index (χ0) is 19.2. The van der Waals surface area contributed by atoms with Gasteiger partial charge in [0.05, 0.1) is 15.8 Å². The van der Waals surface area contributed by atoms with Crippen molar-refractivity contribution in [1.82, 2.24) is 4.57 Å². The molecule has 0 fully saturated rings. The quantitative estimate of drug-likeness (QED) is 0.686. The lowest BCUT2D eigenvalue weighted by Gasteiger charge is -2.30. The Morgan fingerprint density at radius 3 is 2.93 bits per heavy atom. The zero-order valence-electron chi connectivity index (χ0n) is 15.0. The number of hydrogen-bond donors (Lipinski definition) is 2. The number of carbonyl (C=O) groups excluding carboxylic acids is 1. The van der Waals surface area contributed by atoms with Gasteiger partial charge in [-0.3, -0.25) is 9.79 Å². The Bertz CT molecular complexity index is 1070. The molecule has 0 spiro atoms. The fraction of sp³-hybridized carbons (Fsp3) is 0.263. The number of fused-ring (bicyclic) bond motifs is 1. The minimum Gasteiger partial charge on any atom is -0.379 e. The number of nitrogens with zero attached hydrogens (tertiary/aromatic N) is 2. The Morgan fingerprint density at radius 2 is 2.19 bits per heavy atom. The van der Waals surface area contributed by atoms with Crippen LogP contribution in [0.3, 0.4) is 0 Å². The van der Waals surface area contributed by atoms with Crippen LogP contribution < -0.4 is 11.1 Å². The molecular formula is C19H19FN4OS2. The number of anilines is 1. The molecule has 0 saturated carbocycles. The summed E-state index contributed by atoms with van der Waals surface area (Å²) >= 11 is 3.06. The van der Waals surface area contributed by atoms with E-state index in [1.165, 1.54) is 17.8 Å². The van der Waals surface area contributed by atoms with E-state index in [4.69, 9.17) is 5.73 Å². The maximum atomic E-state index is 14.5. The summed E-state index contributed by atoms with van der Waals surface area (Å²) in [4.78, 5) is 17.2. The van der Waals surface area contributed by atoms with Gasteiger partial charge in [-0.15, -0.1) is 11.3 Å². The summed E-state index contributed by atoms with van der Waals surface area (Å²) in [6.45, 7) is 1.87. The van der Waals surface area contributed by atoms with Crippen molar-refractivity contribution in [2.24, 2.45) is 17.8 Å². The molecule has 27 heavy (non-hydrogen) atoms. The fourth-order valence-corrected chi connectivity index (χ4v) is 5.18. The van der Waals surface area contributed by atoms with Crippen molar-refractivity contribution in [3.63, 3.8) is 0 Å². The maximum absolute atomic E-state index is 14.5. The van der Waals surface area contributed by atoms with Crippen molar-refractivity contribution >= 4 is 50.1 Å². The number of nitrogens with two attached hydrogens (primary N) is 1. The molecule has 0 aliphatic carbocycles. The van der Waals surface area contributed by atoms with Crippen LogP contribution in [0.1, 0.15) is 29.4 Å². The van der Waals surface area contributed by atoms with Crippen molar-refractivity contribution < 1.29 is 9.18 Å². The predicted octanol–water partition coefficient (Wildman–Crippen LogP) is 4.30. The minimum atomic E-state index is -0.728. The first-order chi connectivity index (χ1) is 12.9. The Morgan fingerprint density at radius 1 is 1.37 bits per heavy atom. The van der Waals surface area contributed by atoms with Gasteiger partial charge < -0.3 is 15.6 Å². The van der Waals surface area contributed by atoms with Crippen LogP contribution in [0.5, 0.6) is 0 Å². The third kappa shape index (κ3) is 3.23. The van der Waals surface area contributed by atoms with Gasteiger partial charge >= 0.3 is 0 Å². The number of benzene rings is 1. The number of nitrogens with one attached hydrogen (secondary N) is 1. The van der Waals surface area contributed by atoms with Crippen LogP contribution in [0, 0.1) is 5.82 Å². The minimum absolute atomic E-state index is 0.231. The number of amides is 1. The van der Waals surface area contributed by atoms with Gasteiger partial charge in [-0.25, -0.2) is 4.39 Å². The molecule has 3 heterocycles. The molecule has 2 aromatic heterocycles. The van der Waals surface area contributed by atoms with Gasteiger partial charge in [-0.1, -0.05) is 11.8 Å². The summed E-state index contributed by atoms with van der Waals surface area (Å²) in [6, 6.07) is 8.44. The van der Waals surface area contributed by atoms with E-state index in [1.807, 2.05) is 36.1 Å². The second kappa shape index (κ2) is 6.69. The fourth-order valence-electron chi connectivity index (χ4n) is 3.36. The second-order valence-electron chi connectivity index (χ2n) is 6.73.